The lowest BCUT2D eigenvalue weighted by molar-refractivity contribution is -0.116. The second-order valence-corrected chi connectivity index (χ2v) is 5.34. The van der Waals surface area contributed by atoms with E-state index in [0.717, 1.165) is 24.9 Å². The van der Waals surface area contributed by atoms with Gasteiger partial charge in [0.05, 0.1) is 0 Å². The van der Waals surface area contributed by atoms with Crippen molar-refractivity contribution in [1.82, 2.24) is 5.32 Å². The smallest absolute Gasteiger partial charge is 0.319 e. The van der Waals surface area contributed by atoms with Crippen LogP contribution in [-0.2, 0) is 4.79 Å². The molecule has 0 saturated heterocycles. The van der Waals surface area contributed by atoms with E-state index in [9.17, 15) is 9.59 Å². The fourth-order valence-electron chi connectivity index (χ4n) is 1.83. The molecular formula is C16H25N3O2. The molecular weight excluding hydrogens is 266 g/mol. The van der Waals surface area contributed by atoms with Gasteiger partial charge in [0.2, 0.25) is 5.91 Å². The van der Waals surface area contributed by atoms with Crippen LogP contribution >= 0.6 is 0 Å². The van der Waals surface area contributed by atoms with Crippen LogP contribution in [0.4, 0.5) is 16.2 Å². The predicted molar refractivity (Wildman–Crippen MR) is 86.5 cm³/mol. The Morgan fingerprint density at radius 1 is 1.00 bits per heavy atom. The molecule has 0 fully saturated rings. The average Bonchev–Trinajstić information content (AvgIpc) is 2.40. The van der Waals surface area contributed by atoms with E-state index in [1.807, 2.05) is 13.8 Å². The first-order chi connectivity index (χ1) is 10.0. The molecule has 5 nitrogen and oxygen atoms in total. The summed E-state index contributed by atoms with van der Waals surface area (Å²) in [6.07, 6.45) is 3.63. The Kier molecular flexibility index (Phi) is 7.29. The third kappa shape index (κ3) is 7.34. The summed E-state index contributed by atoms with van der Waals surface area (Å²) in [5, 5.41) is 8.33. The predicted octanol–water partition coefficient (Wildman–Crippen LogP) is 3.74. The second kappa shape index (κ2) is 9.00. The van der Waals surface area contributed by atoms with Gasteiger partial charge in [-0.2, -0.15) is 0 Å². The molecule has 0 spiro atoms. The molecule has 0 bridgehead atoms. The molecule has 1 aromatic carbocycles. The van der Waals surface area contributed by atoms with E-state index in [4.69, 9.17) is 0 Å². The molecule has 3 amide bonds. The second-order valence-electron chi connectivity index (χ2n) is 5.34. The number of hydrogen-bond donors (Lipinski definition) is 3. The minimum Gasteiger partial charge on any atom is -0.336 e. The van der Waals surface area contributed by atoms with Crippen molar-refractivity contribution >= 4 is 23.3 Å². The van der Waals surface area contributed by atoms with E-state index in [1.54, 1.807) is 24.3 Å². The van der Waals surface area contributed by atoms with Gasteiger partial charge < -0.3 is 16.0 Å². The number of nitrogens with one attached hydrogen (secondary N) is 3. The van der Waals surface area contributed by atoms with Crippen LogP contribution in [0.2, 0.25) is 0 Å². The Balaban J connectivity index is 2.43. The van der Waals surface area contributed by atoms with E-state index in [-0.39, 0.29) is 18.0 Å². The molecule has 5 heteroatoms. The SMILES string of the molecule is CCCCCC(=O)Nc1ccc(NC(=O)NC(C)C)cc1. The van der Waals surface area contributed by atoms with Crippen molar-refractivity contribution in [2.24, 2.45) is 0 Å². The van der Waals surface area contributed by atoms with Gasteiger partial charge in [-0.05, 0) is 44.5 Å². The number of benzene rings is 1. The summed E-state index contributed by atoms with van der Waals surface area (Å²) < 4.78 is 0. The van der Waals surface area contributed by atoms with Crippen molar-refractivity contribution in [3.63, 3.8) is 0 Å². The lowest BCUT2D eigenvalue weighted by Gasteiger charge is -2.11. The standard InChI is InChI=1S/C16H25N3O2/c1-4-5-6-7-15(20)18-13-8-10-14(11-9-13)19-16(21)17-12(2)3/h8-12H,4-7H2,1-3H3,(H,18,20)(H2,17,19,21). The number of unbranched alkanes of at least 4 members (excludes halogenated alkanes) is 2. The van der Waals surface area contributed by atoms with Crippen LogP contribution in [0.3, 0.4) is 0 Å². The van der Waals surface area contributed by atoms with Crippen molar-refractivity contribution in [2.45, 2.75) is 52.5 Å². The van der Waals surface area contributed by atoms with Gasteiger partial charge in [-0.25, -0.2) is 4.79 Å². The maximum Gasteiger partial charge on any atom is 0.319 e. The quantitative estimate of drug-likeness (QED) is 0.670. The van der Waals surface area contributed by atoms with Gasteiger partial charge in [0, 0.05) is 23.8 Å². The zero-order chi connectivity index (χ0) is 15.7. The number of urea groups is 1. The molecule has 0 atom stereocenters. The highest BCUT2D eigenvalue weighted by Crippen LogP contribution is 2.14. The summed E-state index contributed by atoms with van der Waals surface area (Å²) in [5.74, 6) is 0.0294. The fraction of sp³-hybridized carbons (Fsp3) is 0.500. The molecule has 1 aromatic rings. The number of carbonyl (C=O) groups is 2. The highest BCUT2D eigenvalue weighted by Gasteiger charge is 2.04. The lowest BCUT2D eigenvalue weighted by Crippen LogP contribution is -2.34. The third-order valence-corrected chi connectivity index (χ3v) is 2.85. The molecule has 116 valence electrons. The van der Waals surface area contributed by atoms with Gasteiger partial charge in [0.15, 0.2) is 0 Å². The van der Waals surface area contributed by atoms with Gasteiger partial charge in [-0.3, -0.25) is 4.79 Å². The monoisotopic (exact) mass is 291 g/mol. The van der Waals surface area contributed by atoms with E-state index >= 15 is 0 Å². The van der Waals surface area contributed by atoms with E-state index in [1.165, 1.54) is 0 Å². The van der Waals surface area contributed by atoms with Crippen LogP contribution in [0.5, 0.6) is 0 Å². The zero-order valence-corrected chi connectivity index (χ0v) is 13.0. The van der Waals surface area contributed by atoms with Gasteiger partial charge in [0.25, 0.3) is 0 Å². The molecule has 0 heterocycles. The zero-order valence-electron chi connectivity index (χ0n) is 13.0. The lowest BCUT2D eigenvalue weighted by atomic mass is 10.2. The maximum atomic E-state index is 11.7. The Bertz CT molecular complexity index is 455. The molecule has 0 aromatic heterocycles. The van der Waals surface area contributed by atoms with Gasteiger partial charge in [-0.15, -0.1) is 0 Å². The van der Waals surface area contributed by atoms with Crippen LogP contribution < -0.4 is 16.0 Å². The molecule has 0 saturated carbocycles. The first-order valence-electron chi connectivity index (χ1n) is 7.48. The molecule has 1 rings (SSSR count). The topological polar surface area (TPSA) is 70.2 Å². The number of hydrogen-bond acceptors (Lipinski definition) is 2. The Morgan fingerprint density at radius 2 is 1.57 bits per heavy atom. The molecule has 0 aliphatic rings. The Labute approximate surface area is 126 Å². The van der Waals surface area contributed by atoms with E-state index in [0.29, 0.717) is 12.1 Å². The molecule has 0 radical (unpaired) electrons. The molecule has 0 aliphatic carbocycles. The summed E-state index contributed by atoms with van der Waals surface area (Å²) in [6.45, 7) is 5.91. The molecule has 3 N–H and O–H groups in total. The highest BCUT2D eigenvalue weighted by atomic mass is 16.2. The third-order valence-electron chi connectivity index (χ3n) is 2.85. The fourth-order valence-corrected chi connectivity index (χ4v) is 1.83. The Morgan fingerprint density at radius 3 is 2.10 bits per heavy atom. The number of carbonyl (C=O) groups excluding carboxylic acids is 2. The molecule has 0 unspecified atom stereocenters. The largest absolute Gasteiger partial charge is 0.336 e. The van der Waals surface area contributed by atoms with Gasteiger partial charge >= 0.3 is 6.03 Å². The van der Waals surface area contributed by atoms with Gasteiger partial charge in [0.1, 0.15) is 0 Å². The minimum atomic E-state index is -0.235. The summed E-state index contributed by atoms with van der Waals surface area (Å²) in [5.41, 5.74) is 1.43. The van der Waals surface area contributed by atoms with Crippen LogP contribution in [0.15, 0.2) is 24.3 Å². The summed E-state index contributed by atoms with van der Waals surface area (Å²) >= 11 is 0. The minimum absolute atomic E-state index is 0.0294. The van der Waals surface area contributed by atoms with Crippen LogP contribution in [-0.4, -0.2) is 18.0 Å². The van der Waals surface area contributed by atoms with Crippen molar-refractivity contribution < 1.29 is 9.59 Å². The summed E-state index contributed by atoms with van der Waals surface area (Å²) in [6, 6.07) is 6.95. The van der Waals surface area contributed by atoms with Crippen molar-refractivity contribution in [3.05, 3.63) is 24.3 Å². The molecule has 21 heavy (non-hydrogen) atoms. The van der Waals surface area contributed by atoms with Crippen LogP contribution in [0.1, 0.15) is 46.5 Å². The van der Waals surface area contributed by atoms with Crippen molar-refractivity contribution in [1.29, 1.82) is 0 Å². The molecule has 0 aliphatic heterocycles. The van der Waals surface area contributed by atoms with Crippen molar-refractivity contribution in [2.75, 3.05) is 10.6 Å². The Hall–Kier alpha value is -2.04. The maximum absolute atomic E-state index is 11.7. The van der Waals surface area contributed by atoms with Gasteiger partial charge in [-0.1, -0.05) is 19.8 Å². The van der Waals surface area contributed by atoms with E-state index in [2.05, 4.69) is 22.9 Å². The average molecular weight is 291 g/mol. The number of anilines is 2. The number of rotatable bonds is 7. The van der Waals surface area contributed by atoms with E-state index < -0.39 is 0 Å². The first kappa shape index (κ1) is 17.0. The summed E-state index contributed by atoms with van der Waals surface area (Å²) in [7, 11) is 0. The van der Waals surface area contributed by atoms with Crippen molar-refractivity contribution in [3.8, 4) is 0 Å². The normalized spacial score (nSPS) is 10.3. The number of amides is 3. The van der Waals surface area contributed by atoms with Crippen LogP contribution in [0, 0.1) is 0 Å². The summed E-state index contributed by atoms with van der Waals surface area (Å²) in [4.78, 5) is 23.2. The first-order valence-corrected chi connectivity index (χ1v) is 7.48. The van der Waals surface area contributed by atoms with Crippen LogP contribution in [0.25, 0.3) is 0 Å². The highest BCUT2D eigenvalue weighted by molar-refractivity contribution is 5.92.